The maximum absolute atomic E-state index is 10.7. The third-order valence-corrected chi connectivity index (χ3v) is 8.79. The monoisotopic (exact) mass is 494 g/mol. The fourth-order valence-electron chi connectivity index (χ4n) is 6.55. The Kier molecular flexibility index (Phi) is 5.56. The Morgan fingerprint density at radius 1 is 0.973 bits per heavy atom. The van der Waals surface area contributed by atoms with E-state index in [0.717, 1.165) is 51.6 Å². The van der Waals surface area contributed by atoms with Crippen LogP contribution in [0.2, 0.25) is 0 Å². The first-order valence-corrected chi connectivity index (χ1v) is 13.8. The number of fused-ring (bicyclic) bond motifs is 3. The van der Waals surface area contributed by atoms with Gasteiger partial charge in [0.05, 0.1) is 12.2 Å². The molecule has 2 aliphatic heterocycles. The first kappa shape index (κ1) is 22.9. The number of hydrogen-bond acceptors (Lipinski definition) is 5. The van der Waals surface area contributed by atoms with Gasteiger partial charge in [0.2, 0.25) is 0 Å². The van der Waals surface area contributed by atoms with Gasteiger partial charge in [0.25, 0.3) is 0 Å². The fraction of sp³-hybridized carbons (Fsp3) is 0.419. The quantitative estimate of drug-likeness (QED) is 0.361. The molecule has 1 aliphatic carbocycles. The van der Waals surface area contributed by atoms with E-state index in [1.54, 1.807) is 0 Å². The van der Waals surface area contributed by atoms with Crippen molar-refractivity contribution in [2.75, 3.05) is 19.7 Å². The molecule has 0 radical (unpaired) electrons. The van der Waals surface area contributed by atoms with E-state index < -0.39 is 5.60 Å². The predicted octanol–water partition coefficient (Wildman–Crippen LogP) is 5.63. The highest BCUT2D eigenvalue weighted by Crippen LogP contribution is 2.40. The molecular weight excluding hydrogens is 460 g/mol. The molecule has 2 aromatic carbocycles. The molecule has 0 bridgehead atoms. The predicted molar refractivity (Wildman–Crippen MR) is 146 cm³/mol. The van der Waals surface area contributed by atoms with Crippen molar-refractivity contribution in [1.29, 1.82) is 0 Å². The minimum Gasteiger partial charge on any atom is -0.493 e. The van der Waals surface area contributed by atoms with Gasteiger partial charge in [-0.05, 0) is 87.4 Å². The molecule has 1 fully saturated rings. The molecule has 1 saturated heterocycles. The Balaban J connectivity index is 1.20. The number of nitrogens with one attached hydrogen (secondary N) is 1. The van der Waals surface area contributed by atoms with Crippen molar-refractivity contribution in [2.45, 2.75) is 63.5 Å². The second-order valence-electron chi connectivity index (χ2n) is 11.2. The van der Waals surface area contributed by atoms with Gasteiger partial charge in [-0.1, -0.05) is 30.3 Å². The molecule has 0 saturated carbocycles. The maximum atomic E-state index is 10.7. The van der Waals surface area contributed by atoms with Crippen LogP contribution in [0.5, 0.6) is 5.75 Å². The van der Waals surface area contributed by atoms with Crippen LogP contribution in [0.1, 0.15) is 55.7 Å². The number of H-pyrrole nitrogens is 1. The molecule has 4 heterocycles. The number of benzene rings is 2. The minimum atomic E-state index is -0.867. The van der Waals surface area contributed by atoms with Crippen LogP contribution in [0, 0.1) is 0 Å². The number of ether oxygens (including phenoxy) is 1. The van der Waals surface area contributed by atoms with E-state index in [1.165, 1.54) is 61.9 Å². The van der Waals surface area contributed by atoms with Crippen LogP contribution in [0.4, 0.5) is 0 Å². The Morgan fingerprint density at radius 3 is 2.65 bits per heavy atom. The molecular formula is C31H34N4O2. The average Bonchev–Trinajstić information content (AvgIpc) is 3.54. The molecule has 4 aromatic rings. The first-order chi connectivity index (χ1) is 18.0. The van der Waals surface area contributed by atoms with E-state index in [0.29, 0.717) is 13.0 Å². The largest absolute Gasteiger partial charge is 0.493 e. The van der Waals surface area contributed by atoms with Crippen molar-refractivity contribution >= 4 is 11.0 Å². The van der Waals surface area contributed by atoms with Gasteiger partial charge >= 0.3 is 0 Å². The van der Waals surface area contributed by atoms with E-state index in [2.05, 4.69) is 39.4 Å². The van der Waals surface area contributed by atoms with Gasteiger partial charge in [-0.2, -0.15) is 5.10 Å². The number of aromatic nitrogens is 3. The van der Waals surface area contributed by atoms with Crippen LogP contribution in [0.3, 0.4) is 0 Å². The standard InChI is InChI=1S/C31H34N4O2/c1-31(36)12-15-37-28-18-23(8-11-27(28)31)29-26-17-24(19-32-30(26)34-33-29)22-5-4-20-6-9-25(10-7-21(20)16-22)35-13-2-3-14-35/h4-5,8,11,16-19,25,36H,2-3,6-7,9-10,12-15H2,1H3,(H,32,33,34). The lowest BCUT2D eigenvalue weighted by Crippen LogP contribution is -2.32. The van der Waals surface area contributed by atoms with Crippen molar-refractivity contribution in [3.05, 3.63) is 65.4 Å². The zero-order valence-electron chi connectivity index (χ0n) is 21.5. The molecule has 2 aromatic heterocycles. The number of pyridine rings is 1. The average molecular weight is 495 g/mol. The van der Waals surface area contributed by atoms with Crippen LogP contribution in [0.15, 0.2) is 48.7 Å². The van der Waals surface area contributed by atoms with Gasteiger partial charge < -0.3 is 14.7 Å². The Bertz CT molecular complexity index is 1470. The van der Waals surface area contributed by atoms with E-state index in [9.17, 15) is 5.11 Å². The highest BCUT2D eigenvalue weighted by atomic mass is 16.5. The number of aliphatic hydroxyl groups is 1. The van der Waals surface area contributed by atoms with Crippen molar-refractivity contribution in [2.24, 2.45) is 0 Å². The summed E-state index contributed by atoms with van der Waals surface area (Å²) in [6, 6.07) is 15.9. The molecule has 2 atom stereocenters. The summed E-state index contributed by atoms with van der Waals surface area (Å²) < 4.78 is 5.89. The summed E-state index contributed by atoms with van der Waals surface area (Å²) in [5.74, 6) is 0.729. The van der Waals surface area contributed by atoms with Crippen molar-refractivity contribution in [3.8, 4) is 28.1 Å². The Morgan fingerprint density at radius 2 is 1.78 bits per heavy atom. The molecule has 0 spiro atoms. The Hall–Kier alpha value is -3.22. The van der Waals surface area contributed by atoms with Crippen LogP contribution >= 0.6 is 0 Å². The summed E-state index contributed by atoms with van der Waals surface area (Å²) in [6.07, 6.45) is 10.1. The zero-order chi connectivity index (χ0) is 25.0. The third-order valence-electron chi connectivity index (χ3n) is 8.79. The number of rotatable bonds is 3. The van der Waals surface area contributed by atoms with E-state index in [-0.39, 0.29) is 0 Å². The molecule has 2 N–H and O–H groups in total. The van der Waals surface area contributed by atoms with Crippen LogP contribution in [0.25, 0.3) is 33.4 Å². The second-order valence-corrected chi connectivity index (χ2v) is 11.2. The normalized spacial score (nSPS) is 23.9. The lowest BCUT2D eigenvalue weighted by atomic mass is 9.89. The third kappa shape index (κ3) is 4.12. The second kappa shape index (κ2) is 8.96. The van der Waals surface area contributed by atoms with Gasteiger partial charge in [-0.3, -0.25) is 5.10 Å². The maximum Gasteiger partial charge on any atom is 0.155 e. The van der Waals surface area contributed by atoms with E-state index >= 15 is 0 Å². The van der Waals surface area contributed by atoms with Gasteiger partial charge in [0.1, 0.15) is 11.4 Å². The van der Waals surface area contributed by atoms with E-state index in [1.807, 2.05) is 31.3 Å². The number of aromatic amines is 1. The lowest BCUT2D eigenvalue weighted by molar-refractivity contribution is 0.0147. The molecule has 37 heavy (non-hydrogen) atoms. The topological polar surface area (TPSA) is 74.3 Å². The molecule has 6 heteroatoms. The van der Waals surface area contributed by atoms with Gasteiger partial charge in [0.15, 0.2) is 5.65 Å². The number of aryl methyl sites for hydroxylation is 2. The molecule has 190 valence electrons. The van der Waals surface area contributed by atoms with Crippen molar-refractivity contribution < 1.29 is 9.84 Å². The van der Waals surface area contributed by atoms with Crippen LogP contribution in [-0.2, 0) is 18.4 Å². The fourth-order valence-corrected chi connectivity index (χ4v) is 6.55. The summed E-state index contributed by atoms with van der Waals surface area (Å²) in [4.78, 5) is 7.43. The summed E-state index contributed by atoms with van der Waals surface area (Å²) in [5, 5.41) is 19.4. The first-order valence-electron chi connectivity index (χ1n) is 13.8. The number of likely N-dealkylation sites (tertiary alicyclic amines) is 1. The van der Waals surface area contributed by atoms with Crippen LogP contribution in [-0.4, -0.2) is 50.9 Å². The summed E-state index contributed by atoms with van der Waals surface area (Å²) in [7, 11) is 0. The lowest BCUT2D eigenvalue weighted by Gasteiger charge is -2.31. The zero-order valence-corrected chi connectivity index (χ0v) is 21.5. The van der Waals surface area contributed by atoms with Crippen molar-refractivity contribution in [1.82, 2.24) is 20.1 Å². The molecule has 2 unspecified atom stereocenters. The molecule has 6 nitrogen and oxygen atoms in total. The number of hydrogen-bond donors (Lipinski definition) is 2. The molecule has 3 aliphatic rings. The van der Waals surface area contributed by atoms with Crippen LogP contribution < -0.4 is 4.74 Å². The Labute approximate surface area is 217 Å². The van der Waals surface area contributed by atoms with Crippen molar-refractivity contribution in [3.63, 3.8) is 0 Å². The SMILES string of the molecule is CC1(O)CCOc2cc(-c3n[nH]c4ncc(-c5ccc6c(c5)CCC(N5CCCC5)CC6)cc34)ccc21. The van der Waals surface area contributed by atoms with Gasteiger partial charge in [-0.15, -0.1) is 0 Å². The summed E-state index contributed by atoms with van der Waals surface area (Å²) >= 11 is 0. The smallest absolute Gasteiger partial charge is 0.155 e. The molecule has 0 amide bonds. The number of nitrogens with zero attached hydrogens (tertiary/aromatic N) is 3. The summed E-state index contributed by atoms with van der Waals surface area (Å²) in [5.41, 5.74) is 7.86. The summed E-state index contributed by atoms with van der Waals surface area (Å²) in [6.45, 7) is 4.91. The minimum absolute atomic E-state index is 0.508. The highest BCUT2D eigenvalue weighted by molar-refractivity contribution is 5.93. The highest BCUT2D eigenvalue weighted by Gasteiger charge is 2.31. The van der Waals surface area contributed by atoms with E-state index in [4.69, 9.17) is 9.72 Å². The van der Waals surface area contributed by atoms with Gasteiger partial charge in [0, 0.05) is 40.7 Å². The molecule has 7 rings (SSSR count). The van der Waals surface area contributed by atoms with Gasteiger partial charge in [-0.25, -0.2) is 4.98 Å².